The van der Waals surface area contributed by atoms with Crippen LogP contribution in [0.1, 0.15) is 0 Å². The van der Waals surface area contributed by atoms with E-state index in [-0.39, 0.29) is 5.62 Å². The van der Waals surface area contributed by atoms with Crippen molar-refractivity contribution in [2.24, 2.45) is 4.99 Å². The van der Waals surface area contributed by atoms with E-state index in [0.29, 0.717) is 0 Å². The van der Waals surface area contributed by atoms with Gasteiger partial charge >= 0.3 is 0 Å². The summed E-state index contributed by atoms with van der Waals surface area (Å²) in [6.45, 7) is 0. The van der Waals surface area contributed by atoms with Crippen molar-refractivity contribution in [1.29, 1.82) is 0 Å². The SMILES string of the molecule is ClC1N=CC(Br)=CN1. The quantitative estimate of drug-likeness (QED) is 0.459. The average Bonchev–Trinajstić information content (AvgIpc) is 1.77. The van der Waals surface area contributed by atoms with Crippen molar-refractivity contribution < 1.29 is 0 Å². The van der Waals surface area contributed by atoms with Crippen LogP contribution >= 0.6 is 27.5 Å². The molecular formula is C4H4BrClN2. The van der Waals surface area contributed by atoms with Gasteiger partial charge in [-0.05, 0) is 15.9 Å². The predicted molar refractivity (Wildman–Crippen MR) is 38.3 cm³/mol. The van der Waals surface area contributed by atoms with Crippen LogP contribution in [-0.4, -0.2) is 11.8 Å². The average molecular weight is 195 g/mol. The van der Waals surface area contributed by atoms with Gasteiger partial charge in [-0.25, -0.2) is 0 Å². The number of halogens is 2. The number of alkyl halides is 1. The molecule has 0 saturated carbocycles. The maximum Gasteiger partial charge on any atom is 0.194 e. The molecule has 0 spiro atoms. The first kappa shape index (κ1) is 6.11. The smallest absolute Gasteiger partial charge is 0.194 e. The van der Waals surface area contributed by atoms with E-state index in [1.165, 1.54) is 0 Å². The fourth-order valence-corrected chi connectivity index (χ4v) is 0.735. The Kier molecular flexibility index (Phi) is 1.91. The highest BCUT2D eigenvalue weighted by molar-refractivity contribution is 9.12. The van der Waals surface area contributed by atoms with E-state index in [4.69, 9.17) is 11.6 Å². The number of rotatable bonds is 0. The second-order valence-corrected chi connectivity index (χ2v) is 2.64. The summed E-state index contributed by atoms with van der Waals surface area (Å²) in [5.41, 5.74) is -0.295. The van der Waals surface area contributed by atoms with Crippen molar-refractivity contribution in [3.8, 4) is 0 Å². The molecule has 0 aromatic heterocycles. The molecule has 4 heteroatoms. The van der Waals surface area contributed by atoms with Crippen molar-refractivity contribution in [2.75, 3.05) is 0 Å². The van der Waals surface area contributed by atoms with Crippen molar-refractivity contribution in [2.45, 2.75) is 5.62 Å². The number of nitrogens with zero attached hydrogens (tertiary/aromatic N) is 1. The topological polar surface area (TPSA) is 24.4 Å². The van der Waals surface area contributed by atoms with Crippen molar-refractivity contribution in [3.05, 3.63) is 10.7 Å². The predicted octanol–water partition coefficient (Wildman–Crippen LogP) is 1.42. The maximum atomic E-state index is 5.51. The van der Waals surface area contributed by atoms with Crippen LogP contribution < -0.4 is 5.32 Å². The molecule has 44 valence electrons. The van der Waals surface area contributed by atoms with Gasteiger partial charge in [0.2, 0.25) is 0 Å². The molecule has 1 aliphatic heterocycles. The second-order valence-electron chi connectivity index (χ2n) is 1.31. The van der Waals surface area contributed by atoms with Crippen molar-refractivity contribution in [1.82, 2.24) is 5.32 Å². The summed E-state index contributed by atoms with van der Waals surface area (Å²) in [5, 5.41) is 2.79. The summed E-state index contributed by atoms with van der Waals surface area (Å²) in [5.74, 6) is 0. The first-order valence-electron chi connectivity index (χ1n) is 2.08. The number of nitrogens with one attached hydrogen (secondary N) is 1. The number of allylic oxidation sites excluding steroid dienone is 1. The van der Waals surface area contributed by atoms with Gasteiger partial charge in [0.1, 0.15) is 0 Å². The summed E-state index contributed by atoms with van der Waals surface area (Å²) < 4.78 is 0.911. The highest BCUT2D eigenvalue weighted by atomic mass is 79.9. The molecule has 0 amide bonds. The summed E-state index contributed by atoms with van der Waals surface area (Å²) >= 11 is 8.71. The normalized spacial score (nSPS) is 26.8. The van der Waals surface area contributed by atoms with E-state index in [0.717, 1.165) is 4.48 Å². The van der Waals surface area contributed by atoms with E-state index < -0.39 is 0 Å². The fraction of sp³-hybridized carbons (Fsp3) is 0.250. The Morgan fingerprint density at radius 1 is 1.88 bits per heavy atom. The molecule has 0 aromatic carbocycles. The van der Waals surface area contributed by atoms with E-state index in [1.807, 2.05) is 0 Å². The van der Waals surface area contributed by atoms with Crippen LogP contribution in [-0.2, 0) is 0 Å². The molecule has 1 unspecified atom stereocenters. The van der Waals surface area contributed by atoms with Gasteiger partial charge in [0, 0.05) is 12.4 Å². The molecular weight excluding hydrogens is 191 g/mol. The van der Waals surface area contributed by atoms with Gasteiger partial charge < -0.3 is 5.32 Å². The van der Waals surface area contributed by atoms with Gasteiger partial charge in [0.05, 0.1) is 4.48 Å². The highest BCUT2D eigenvalue weighted by Crippen LogP contribution is 2.06. The molecule has 0 bridgehead atoms. The molecule has 0 radical (unpaired) electrons. The summed E-state index contributed by atoms with van der Waals surface area (Å²) in [7, 11) is 0. The Bertz CT molecular complexity index is 143. The minimum atomic E-state index is -0.295. The lowest BCUT2D eigenvalue weighted by Crippen LogP contribution is -2.18. The van der Waals surface area contributed by atoms with Gasteiger partial charge in [0.25, 0.3) is 0 Å². The Morgan fingerprint density at radius 2 is 2.62 bits per heavy atom. The zero-order valence-electron chi connectivity index (χ0n) is 3.94. The second kappa shape index (κ2) is 2.51. The molecule has 1 heterocycles. The molecule has 1 N–H and O–H groups in total. The van der Waals surface area contributed by atoms with E-state index >= 15 is 0 Å². The fourth-order valence-electron chi connectivity index (χ4n) is 0.365. The van der Waals surface area contributed by atoms with Gasteiger partial charge in [-0.15, -0.1) is 0 Å². The minimum Gasteiger partial charge on any atom is -0.356 e. The van der Waals surface area contributed by atoms with E-state index in [2.05, 4.69) is 26.2 Å². The molecule has 8 heavy (non-hydrogen) atoms. The van der Waals surface area contributed by atoms with Crippen LogP contribution in [0.4, 0.5) is 0 Å². The van der Waals surface area contributed by atoms with Crippen LogP contribution in [0.3, 0.4) is 0 Å². The largest absolute Gasteiger partial charge is 0.356 e. The number of aliphatic imine (C=N–C) groups is 1. The molecule has 0 aromatic rings. The first-order chi connectivity index (χ1) is 3.79. The van der Waals surface area contributed by atoms with Gasteiger partial charge in [-0.2, -0.15) is 0 Å². The van der Waals surface area contributed by atoms with E-state index in [9.17, 15) is 0 Å². The molecule has 2 nitrogen and oxygen atoms in total. The van der Waals surface area contributed by atoms with Crippen LogP contribution in [0.25, 0.3) is 0 Å². The van der Waals surface area contributed by atoms with Crippen LogP contribution in [0.5, 0.6) is 0 Å². The number of hydrogen-bond acceptors (Lipinski definition) is 2. The zero-order chi connectivity index (χ0) is 5.98. The molecule has 0 fully saturated rings. The van der Waals surface area contributed by atoms with Crippen LogP contribution in [0.15, 0.2) is 15.7 Å². The number of hydrogen-bond donors (Lipinski definition) is 1. The lowest BCUT2D eigenvalue weighted by atomic mass is 10.6. The monoisotopic (exact) mass is 194 g/mol. The van der Waals surface area contributed by atoms with Crippen molar-refractivity contribution >= 4 is 33.7 Å². The Morgan fingerprint density at radius 3 is 3.00 bits per heavy atom. The zero-order valence-corrected chi connectivity index (χ0v) is 6.28. The molecule has 1 aliphatic rings. The van der Waals surface area contributed by atoms with Gasteiger partial charge in [0.15, 0.2) is 5.62 Å². The maximum absolute atomic E-state index is 5.51. The van der Waals surface area contributed by atoms with Crippen LogP contribution in [0.2, 0.25) is 0 Å². The third-order valence-electron chi connectivity index (χ3n) is 0.687. The molecule has 0 saturated heterocycles. The minimum absolute atomic E-state index is 0.295. The summed E-state index contributed by atoms with van der Waals surface area (Å²) in [4.78, 5) is 3.83. The third kappa shape index (κ3) is 1.49. The Hall–Kier alpha value is -0.0200. The Labute approximate surface area is 60.8 Å². The third-order valence-corrected chi connectivity index (χ3v) is 1.36. The van der Waals surface area contributed by atoms with Gasteiger partial charge in [-0.1, -0.05) is 11.6 Å². The molecule has 1 rings (SSSR count). The molecule has 1 atom stereocenters. The van der Waals surface area contributed by atoms with Gasteiger partial charge in [-0.3, -0.25) is 4.99 Å². The summed E-state index contributed by atoms with van der Waals surface area (Å²) in [6, 6.07) is 0. The van der Waals surface area contributed by atoms with Crippen molar-refractivity contribution in [3.63, 3.8) is 0 Å². The summed E-state index contributed by atoms with van der Waals surface area (Å²) in [6.07, 6.45) is 3.42. The Balaban J connectivity index is 2.58. The molecule has 0 aliphatic carbocycles. The lowest BCUT2D eigenvalue weighted by molar-refractivity contribution is 0.804. The van der Waals surface area contributed by atoms with E-state index in [1.54, 1.807) is 12.4 Å². The lowest BCUT2D eigenvalue weighted by Gasteiger charge is -2.07. The van der Waals surface area contributed by atoms with Crippen LogP contribution in [0, 0.1) is 0 Å². The first-order valence-corrected chi connectivity index (χ1v) is 3.31. The standard InChI is InChI=1S/C4H4BrClN2/c5-3-1-7-4(6)8-2-3/h1-2,4,7H. The highest BCUT2D eigenvalue weighted by Gasteiger charge is 1.99.